The molecule has 2 aliphatic heterocycles. The lowest BCUT2D eigenvalue weighted by Gasteiger charge is -2.47. The topological polar surface area (TPSA) is 45.2 Å². The van der Waals surface area contributed by atoms with Crippen molar-refractivity contribution in [2.75, 3.05) is 7.05 Å². The summed E-state index contributed by atoms with van der Waals surface area (Å²) in [5.41, 5.74) is 0.403. The van der Waals surface area contributed by atoms with Crippen LogP contribution in [0.3, 0.4) is 0 Å². The number of fused-ring (bicyclic) bond motifs is 2. The highest BCUT2D eigenvalue weighted by Crippen LogP contribution is 2.32. The van der Waals surface area contributed by atoms with Crippen LogP contribution in [0.5, 0.6) is 0 Å². The molecule has 0 radical (unpaired) electrons. The Bertz CT molecular complexity index is 538. The van der Waals surface area contributed by atoms with E-state index in [0.29, 0.717) is 22.7 Å². The number of aromatic nitrogens is 1. The van der Waals surface area contributed by atoms with Crippen molar-refractivity contribution in [2.24, 2.45) is 0 Å². The van der Waals surface area contributed by atoms with Crippen molar-refractivity contribution in [1.29, 1.82) is 0 Å². The lowest BCUT2D eigenvalue weighted by Crippen LogP contribution is -2.55. The molecule has 4 nitrogen and oxygen atoms in total. The Morgan fingerprint density at radius 2 is 2.00 bits per heavy atom. The summed E-state index contributed by atoms with van der Waals surface area (Å²) < 4.78 is 0. The van der Waals surface area contributed by atoms with Crippen LogP contribution < -0.4 is 5.32 Å². The maximum absolute atomic E-state index is 12.4. The van der Waals surface area contributed by atoms with Gasteiger partial charge in [-0.3, -0.25) is 4.79 Å². The van der Waals surface area contributed by atoms with Gasteiger partial charge in [0.15, 0.2) is 0 Å². The molecule has 0 spiro atoms. The summed E-state index contributed by atoms with van der Waals surface area (Å²) in [6, 6.07) is 2.90. The molecule has 0 saturated carbocycles. The number of hydrogen-bond donors (Lipinski definition) is 1. The van der Waals surface area contributed by atoms with Gasteiger partial charge in [0.05, 0.1) is 10.6 Å². The highest BCUT2D eigenvalue weighted by molar-refractivity contribution is 6.35. The molecule has 3 rings (SSSR count). The summed E-state index contributed by atoms with van der Waals surface area (Å²) in [6.45, 7) is 0. The second-order valence-corrected chi connectivity index (χ2v) is 6.83. The molecule has 1 aromatic rings. The number of rotatable bonds is 2. The molecule has 6 heteroatoms. The van der Waals surface area contributed by atoms with Crippen molar-refractivity contribution >= 4 is 29.1 Å². The number of halogens is 2. The predicted molar refractivity (Wildman–Crippen MR) is 83.9 cm³/mol. The Labute approximate surface area is 134 Å². The fourth-order valence-corrected chi connectivity index (χ4v) is 3.93. The van der Waals surface area contributed by atoms with E-state index in [2.05, 4.69) is 22.2 Å². The molecular formula is C15H19Cl2N3O. The van der Waals surface area contributed by atoms with Crippen LogP contribution in [0.25, 0.3) is 0 Å². The fraction of sp³-hybridized carbons (Fsp3) is 0.600. The Hall–Kier alpha value is -0.840. The molecule has 0 aliphatic carbocycles. The predicted octanol–water partition coefficient (Wildman–Crippen LogP) is 3.13. The molecule has 21 heavy (non-hydrogen) atoms. The Morgan fingerprint density at radius 3 is 2.67 bits per heavy atom. The molecule has 2 aliphatic rings. The zero-order chi connectivity index (χ0) is 15.0. The van der Waals surface area contributed by atoms with Gasteiger partial charge in [-0.05, 0) is 38.8 Å². The van der Waals surface area contributed by atoms with Crippen molar-refractivity contribution in [3.8, 4) is 0 Å². The molecule has 3 heterocycles. The van der Waals surface area contributed by atoms with Gasteiger partial charge in [-0.2, -0.15) is 0 Å². The average molecular weight is 328 g/mol. The van der Waals surface area contributed by atoms with Crippen LogP contribution in [0.4, 0.5) is 0 Å². The summed E-state index contributed by atoms with van der Waals surface area (Å²) in [6.07, 6.45) is 7.18. The van der Waals surface area contributed by atoms with Gasteiger partial charge in [0, 0.05) is 24.3 Å². The minimum atomic E-state index is -0.156. The van der Waals surface area contributed by atoms with Crippen molar-refractivity contribution in [3.63, 3.8) is 0 Å². The number of piperidine rings is 2. The third-order valence-electron chi connectivity index (χ3n) is 4.74. The number of carbonyl (C=O) groups is 1. The van der Waals surface area contributed by atoms with Crippen LogP contribution in [-0.2, 0) is 0 Å². The van der Waals surface area contributed by atoms with E-state index in [0.717, 1.165) is 12.8 Å². The number of amides is 1. The second-order valence-electron chi connectivity index (χ2n) is 6.03. The van der Waals surface area contributed by atoms with Crippen molar-refractivity contribution in [2.45, 2.75) is 50.2 Å². The molecule has 1 N–H and O–H groups in total. The van der Waals surface area contributed by atoms with Crippen LogP contribution in [0, 0.1) is 0 Å². The molecule has 1 aromatic heterocycles. The third kappa shape index (κ3) is 3.17. The highest BCUT2D eigenvalue weighted by Gasteiger charge is 2.36. The first-order valence-corrected chi connectivity index (χ1v) is 8.14. The van der Waals surface area contributed by atoms with Gasteiger partial charge in [-0.25, -0.2) is 4.98 Å². The van der Waals surface area contributed by atoms with Gasteiger partial charge in [0.1, 0.15) is 5.15 Å². The minimum Gasteiger partial charge on any atom is -0.349 e. The first-order valence-electron chi connectivity index (χ1n) is 7.38. The molecule has 2 fully saturated rings. The van der Waals surface area contributed by atoms with Gasteiger partial charge in [0.2, 0.25) is 0 Å². The van der Waals surface area contributed by atoms with E-state index in [4.69, 9.17) is 23.2 Å². The summed E-state index contributed by atoms with van der Waals surface area (Å²) in [4.78, 5) is 18.7. The summed E-state index contributed by atoms with van der Waals surface area (Å²) in [5.74, 6) is -0.156. The van der Waals surface area contributed by atoms with Crippen LogP contribution in [0.1, 0.15) is 42.5 Å². The van der Waals surface area contributed by atoms with Gasteiger partial charge in [-0.15, -0.1) is 0 Å². The number of hydrogen-bond acceptors (Lipinski definition) is 3. The quantitative estimate of drug-likeness (QED) is 0.849. The third-order valence-corrected chi connectivity index (χ3v) is 5.25. The first kappa shape index (κ1) is 15.1. The summed E-state index contributed by atoms with van der Waals surface area (Å²) in [5, 5.41) is 3.74. The van der Waals surface area contributed by atoms with E-state index in [1.54, 1.807) is 0 Å². The van der Waals surface area contributed by atoms with Crippen LogP contribution in [0.15, 0.2) is 12.3 Å². The largest absolute Gasteiger partial charge is 0.349 e. The minimum absolute atomic E-state index is 0.156. The zero-order valence-electron chi connectivity index (χ0n) is 12.0. The van der Waals surface area contributed by atoms with Gasteiger partial charge >= 0.3 is 0 Å². The van der Waals surface area contributed by atoms with E-state index >= 15 is 0 Å². The highest BCUT2D eigenvalue weighted by atomic mass is 35.5. The molecule has 2 bridgehead atoms. The lowest BCUT2D eigenvalue weighted by atomic mass is 9.82. The monoisotopic (exact) mass is 327 g/mol. The SMILES string of the molecule is CN1C2CCCC1CC(NC(=O)c1cc(Cl)ncc1Cl)C2. The smallest absolute Gasteiger partial charge is 0.253 e. The normalized spacial score (nSPS) is 29.2. The first-order chi connectivity index (χ1) is 10.0. The van der Waals surface area contributed by atoms with Crippen molar-refractivity contribution in [3.05, 3.63) is 28.0 Å². The van der Waals surface area contributed by atoms with Gasteiger partial charge < -0.3 is 10.2 Å². The van der Waals surface area contributed by atoms with Crippen LogP contribution >= 0.6 is 23.2 Å². The number of carbonyl (C=O) groups excluding carboxylic acids is 1. The van der Waals surface area contributed by atoms with E-state index in [1.807, 2.05) is 0 Å². The molecule has 2 saturated heterocycles. The average Bonchev–Trinajstić information content (AvgIpc) is 2.42. The molecule has 2 atom stereocenters. The Kier molecular flexibility index (Phi) is 4.38. The number of nitrogens with zero attached hydrogens (tertiary/aromatic N) is 2. The molecule has 0 aromatic carbocycles. The molecular weight excluding hydrogens is 309 g/mol. The lowest BCUT2D eigenvalue weighted by molar-refractivity contribution is 0.0463. The Morgan fingerprint density at radius 1 is 1.33 bits per heavy atom. The fourth-order valence-electron chi connectivity index (χ4n) is 3.58. The zero-order valence-corrected chi connectivity index (χ0v) is 13.5. The molecule has 1 amide bonds. The van der Waals surface area contributed by atoms with E-state index in [9.17, 15) is 4.79 Å². The van der Waals surface area contributed by atoms with Gasteiger partial charge in [-0.1, -0.05) is 29.6 Å². The maximum Gasteiger partial charge on any atom is 0.253 e. The van der Waals surface area contributed by atoms with Crippen LogP contribution in [0.2, 0.25) is 10.2 Å². The molecule has 2 unspecified atom stereocenters. The van der Waals surface area contributed by atoms with Crippen LogP contribution in [-0.4, -0.2) is 41.0 Å². The second kappa shape index (κ2) is 6.11. The number of pyridine rings is 1. The standard InChI is InChI=1S/C15H19Cl2N3O/c1-20-10-3-2-4-11(20)6-9(5-10)19-15(21)12-7-14(17)18-8-13(12)16/h7-11H,2-6H2,1H3,(H,19,21). The van der Waals surface area contributed by atoms with E-state index in [1.165, 1.54) is 31.5 Å². The van der Waals surface area contributed by atoms with E-state index in [-0.39, 0.29) is 17.1 Å². The van der Waals surface area contributed by atoms with Crippen molar-refractivity contribution in [1.82, 2.24) is 15.2 Å². The maximum atomic E-state index is 12.4. The van der Waals surface area contributed by atoms with Crippen molar-refractivity contribution < 1.29 is 4.79 Å². The molecule has 114 valence electrons. The Balaban J connectivity index is 1.69. The van der Waals surface area contributed by atoms with Gasteiger partial charge in [0.25, 0.3) is 5.91 Å². The number of nitrogens with one attached hydrogen (secondary N) is 1. The summed E-state index contributed by atoms with van der Waals surface area (Å²) in [7, 11) is 2.20. The summed E-state index contributed by atoms with van der Waals surface area (Å²) >= 11 is 11.9. The van der Waals surface area contributed by atoms with E-state index < -0.39 is 0 Å².